The number of rotatable bonds is 4. The number of carbonyl (C=O) groups excluding carboxylic acids is 1. The summed E-state index contributed by atoms with van der Waals surface area (Å²) in [6.45, 7) is 3.85. The van der Waals surface area contributed by atoms with Crippen LogP contribution < -0.4 is 11.1 Å². The van der Waals surface area contributed by atoms with Crippen LogP contribution in [0.3, 0.4) is 0 Å². The second kappa shape index (κ2) is 7.38. The third kappa shape index (κ3) is 4.00. The molecule has 0 unspecified atom stereocenters. The van der Waals surface area contributed by atoms with E-state index in [1.54, 1.807) is 13.0 Å². The van der Waals surface area contributed by atoms with Gasteiger partial charge in [0.2, 0.25) is 0 Å². The Kier molecular flexibility index (Phi) is 5.13. The lowest BCUT2D eigenvalue weighted by atomic mass is 10.1. The van der Waals surface area contributed by atoms with Gasteiger partial charge in [-0.3, -0.25) is 9.48 Å². The number of halogens is 3. The molecule has 3 N–H and O–H groups in total. The van der Waals surface area contributed by atoms with Crippen LogP contribution in [0.25, 0.3) is 11.3 Å². The van der Waals surface area contributed by atoms with Crippen molar-refractivity contribution in [1.29, 1.82) is 0 Å². The van der Waals surface area contributed by atoms with Crippen LogP contribution in [0.1, 0.15) is 28.5 Å². The van der Waals surface area contributed by atoms with E-state index in [-0.39, 0.29) is 23.8 Å². The Bertz CT molecular complexity index is 1020. The third-order valence-corrected chi connectivity index (χ3v) is 4.24. The SMILES string of the molecule is CCn1nc(C(F)(F)F)cc1-c1ccc(C(=O)Nc2cccc(C)c2)cc1N. The highest BCUT2D eigenvalue weighted by atomic mass is 19.4. The second-order valence-corrected chi connectivity index (χ2v) is 6.35. The van der Waals surface area contributed by atoms with Gasteiger partial charge in [0, 0.05) is 29.0 Å². The van der Waals surface area contributed by atoms with Gasteiger partial charge in [-0.2, -0.15) is 18.3 Å². The number of aromatic nitrogens is 2. The van der Waals surface area contributed by atoms with Gasteiger partial charge >= 0.3 is 6.18 Å². The maximum absolute atomic E-state index is 13.0. The molecule has 5 nitrogen and oxygen atoms in total. The molecule has 3 rings (SSSR count). The van der Waals surface area contributed by atoms with Crippen LogP contribution >= 0.6 is 0 Å². The molecule has 8 heteroatoms. The van der Waals surface area contributed by atoms with E-state index < -0.39 is 11.9 Å². The Morgan fingerprint density at radius 1 is 1.18 bits per heavy atom. The summed E-state index contributed by atoms with van der Waals surface area (Å²) in [5.41, 5.74) is 7.85. The summed E-state index contributed by atoms with van der Waals surface area (Å²) < 4.78 is 40.2. The van der Waals surface area contributed by atoms with Crippen LogP contribution in [0.4, 0.5) is 24.5 Å². The molecule has 1 amide bonds. The van der Waals surface area contributed by atoms with Gasteiger partial charge in [-0.25, -0.2) is 0 Å². The van der Waals surface area contributed by atoms with E-state index in [9.17, 15) is 18.0 Å². The Hall–Kier alpha value is -3.29. The highest BCUT2D eigenvalue weighted by molar-refractivity contribution is 6.05. The number of hydrogen-bond donors (Lipinski definition) is 2. The molecule has 146 valence electrons. The average molecular weight is 388 g/mol. The number of carbonyl (C=O) groups is 1. The molecule has 1 heterocycles. The van der Waals surface area contributed by atoms with Crippen molar-refractivity contribution < 1.29 is 18.0 Å². The van der Waals surface area contributed by atoms with Gasteiger partial charge in [0.05, 0.1) is 5.69 Å². The monoisotopic (exact) mass is 388 g/mol. The van der Waals surface area contributed by atoms with E-state index in [2.05, 4.69) is 10.4 Å². The van der Waals surface area contributed by atoms with Crippen LogP contribution in [-0.2, 0) is 12.7 Å². The normalized spacial score (nSPS) is 11.5. The third-order valence-electron chi connectivity index (χ3n) is 4.24. The van der Waals surface area contributed by atoms with E-state index in [1.165, 1.54) is 22.9 Å². The van der Waals surface area contributed by atoms with Gasteiger partial charge in [0.1, 0.15) is 0 Å². The van der Waals surface area contributed by atoms with Crippen LogP contribution in [0, 0.1) is 6.92 Å². The van der Waals surface area contributed by atoms with Crippen LogP contribution in [0.2, 0.25) is 0 Å². The first-order chi connectivity index (χ1) is 13.2. The molecule has 0 aliphatic heterocycles. The van der Waals surface area contributed by atoms with Crippen LogP contribution in [-0.4, -0.2) is 15.7 Å². The number of benzene rings is 2. The number of hydrogen-bond acceptors (Lipinski definition) is 3. The molecule has 28 heavy (non-hydrogen) atoms. The van der Waals surface area contributed by atoms with E-state index in [1.807, 2.05) is 25.1 Å². The number of nitrogens with one attached hydrogen (secondary N) is 1. The Morgan fingerprint density at radius 2 is 1.93 bits per heavy atom. The molecule has 3 aromatic rings. The summed E-state index contributed by atoms with van der Waals surface area (Å²) >= 11 is 0. The maximum atomic E-state index is 13.0. The predicted molar refractivity (Wildman–Crippen MR) is 102 cm³/mol. The number of anilines is 2. The van der Waals surface area contributed by atoms with Crippen molar-refractivity contribution in [2.45, 2.75) is 26.6 Å². The molecule has 0 spiro atoms. The minimum Gasteiger partial charge on any atom is -0.398 e. The molecule has 2 aromatic carbocycles. The zero-order valence-electron chi connectivity index (χ0n) is 15.3. The van der Waals surface area contributed by atoms with Crippen molar-refractivity contribution in [3.05, 3.63) is 65.4 Å². The van der Waals surface area contributed by atoms with Crippen molar-refractivity contribution in [2.24, 2.45) is 0 Å². The lowest BCUT2D eigenvalue weighted by molar-refractivity contribution is -0.141. The molecule has 0 bridgehead atoms. The number of nitrogens with zero attached hydrogens (tertiary/aromatic N) is 2. The van der Waals surface area contributed by atoms with Crippen LogP contribution in [0.5, 0.6) is 0 Å². The van der Waals surface area contributed by atoms with Gasteiger partial charge in [-0.15, -0.1) is 0 Å². The van der Waals surface area contributed by atoms with E-state index in [0.717, 1.165) is 11.6 Å². The molecule has 0 aliphatic rings. The highest BCUT2D eigenvalue weighted by Gasteiger charge is 2.35. The van der Waals surface area contributed by atoms with Gasteiger partial charge in [0.15, 0.2) is 5.69 Å². The van der Waals surface area contributed by atoms with Crippen molar-refractivity contribution in [3.8, 4) is 11.3 Å². The molecule has 1 aromatic heterocycles. The minimum atomic E-state index is -4.54. The summed E-state index contributed by atoms with van der Waals surface area (Å²) in [6.07, 6.45) is -4.54. The molecule has 0 fully saturated rings. The van der Waals surface area contributed by atoms with Crippen LogP contribution in [0.15, 0.2) is 48.5 Å². The zero-order chi connectivity index (χ0) is 20.5. The van der Waals surface area contributed by atoms with Crippen molar-refractivity contribution in [2.75, 3.05) is 11.1 Å². The van der Waals surface area contributed by atoms with Gasteiger partial charge in [-0.1, -0.05) is 12.1 Å². The topological polar surface area (TPSA) is 72.9 Å². The molecule has 0 saturated heterocycles. The van der Waals surface area contributed by atoms with Gasteiger partial charge < -0.3 is 11.1 Å². The Morgan fingerprint density at radius 3 is 2.54 bits per heavy atom. The van der Waals surface area contributed by atoms with E-state index >= 15 is 0 Å². The number of aryl methyl sites for hydroxylation is 2. The van der Waals surface area contributed by atoms with Gasteiger partial charge in [0.25, 0.3) is 5.91 Å². The molecular weight excluding hydrogens is 369 g/mol. The summed E-state index contributed by atoms with van der Waals surface area (Å²) in [5.74, 6) is -0.358. The Balaban J connectivity index is 1.91. The summed E-state index contributed by atoms with van der Waals surface area (Å²) in [5, 5.41) is 6.37. The summed E-state index contributed by atoms with van der Waals surface area (Å²) in [7, 11) is 0. The second-order valence-electron chi connectivity index (χ2n) is 6.35. The molecule has 0 atom stereocenters. The fourth-order valence-corrected chi connectivity index (χ4v) is 2.88. The fraction of sp³-hybridized carbons (Fsp3) is 0.200. The lowest BCUT2D eigenvalue weighted by Gasteiger charge is -2.10. The fourth-order valence-electron chi connectivity index (χ4n) is 2.88. The Labute approximate surface area is 160 Å². The van der Waals surface area contributed by atoms with Crippen molar-refractivity contribution in [3.63, 3.8) is 0 Å². The summed E-state index contributed by atoms with van der Waals surface area (Å²) in [4.78, 5) is 12.5. The minimum absolute atomic E-state index is 0.195. The number of amides is 1. The molecular formula is C20H19F3N4O. The first-order valence-corrected chi connectivity index (χ1v) is 8.62. The summed E-state index contributed by atoms with van der Waals surface area (Å²) in [6, 6.07) is 12.8. The van der Waals surface area contributed by atoms with Gasteiger partial charge in [-0.05, 0) is 55.8 Å². The first-order valence-electron chi connectivity index (χ1n) is 8.62. The van der Waals surface area contributed by atoms with Crippen molar-refractivity contribution in [1.82, 2.24) is 9.78 Å². The number of nitrogen functional groups attached to an aromatic ring is 1. The maximum Gasteiger partial charge on any atom is 0.435 e. The smallest absolute Gasteiger partial charge is 0.398 e. The van der Waals surface area contributed by atoms with E-state index in [4.69, 9.17) is 5.73 Å². The molecule has 0 radical (unpaired) electrons. The first kappa shape index (κ1) is 19.5. The quantitative estimate of drug-likeness (QED) is 0.635. The standard InChI is InChI=1S/C20H19F3N4O/c1-3-27-17(11-18(26-27)20(21,22)23)15-8-7-13(10-16(15)24)19(28)25-14-6-4-5-12(2)9-14/h4-11H,3,24H2,1-2H3,(H,25,28). The molecule has 0 saturated carbocycles. The predicted octanol–water partition coefficient (Wildman–Crippen LogP) is 4.73. The largest absolute Gasteiger partial charge is 0.435 e. The number of nitrogens with two attached hydrogens (primary N) is 1. The number of alkyl halides is 3. The average Bonchev–Trinajstić information content (AvgIpc) is 3.06. The lowest BCUT2D eigenvalue weighted by Crippen LogP contribution is -2.12. The zero-order valence-corrected chi connectivity index (χ0v) is 15.3. The molecule has 0 aliphatic carbocycles. The van der Waals surface area contributed by atoms with Crippen molar-refractivity contribution >= 4 is 17.3 Å². The highest BCUT2D eigenvalue weighted by Crippen LogP contribution is 2.34. The van der Waals surface area contributed by atoms with E-state index in [0.29, 0.717) is 16.8 Å².